The molecule has 0 amide bonds. The SMILES string of the molecule is O=S(=O)(NCC1(O)CCC1)C1CCCC1. The van der Waals surface area contributed by atoms with Gasteiger partial charge in [-0.05, 0) is 32.1 Å². The van der Waals surface area contributed by atoms with E-state index in [-0.39, 0.29) is 11.8 Å². The fourth-order valence-corrected chi connectivity index (χ4v) is 3.97. The van der Waals surface area contributed by atoms with Gasteiger partial charge in [-0.3, -0.25) is 0 Å². The normalized spacial score (nSPS) is 26.5. The molecule has 88 valence electrons. The summed E-state index contributed by atoms with van der Waals surface area (Å²) in [4.78, 5) is 0. The van der Waals surface area contributed by atoms with Crippen molar-refractivity contribution in [3.63, 3.8) is 0 Å². The van der Waals surface area contributed by atoms with E-state index in [1.165, 1.54) is 0 Å². The molecular weight excluding hydrogens is 214 g/mol. The third kappa shape index (κ3) is 2.52. The van der Waals surface area contributed by atoms with Gasteiger partial charge in [-0.1, -0.05) is 12.8 Å². The molecule has 0 atom stereocenters. The van der Waals surface area contributed by atoms with Crippen LogP contribution in [0.4, 0.5) is 0 Å². The van der Waals surface area contributed by atoms with Crippen LogP contribution in [0.1, 0.15) is 44.9 Å². The standard InChI is InChI=1S/C10H19NO3S/c12-10(6-3-7-10)8-11-15(13,14)9-4-1-2-5-9/h9,11-12H,1-8H2. The number of nitrogens with one attached hydrogen (secondary N) is 1. The van der Waals surface area contributed by atoms with Crippen LogP contribution in [-0.4, -0.2) is 30.9 Å². The van der Waals surface area contributed by atoms with Crippen molar-refractivity contribution >= 4 is 10.0 Å². The molecule has 0 radical (unpaired) electrons. The summed E-state index contributed by atoms with van der Waals surface area (Å²) < 4.78 is 26.2. The van der Waals surface area contributed by atoms with Crippen molar-refractivity contribution in [2.45, 2.75) is 55.8 Å². The van der Waals surface area contributed by atoms with Crippen LogP contribution in [0.25, 0.3) is 0 Å². The highest BCUT2D eigenvalue weighted by molar-refractivity contribution is 7.90. The van der Waals surface area contributed by atoms with Gasteiger partial charge in [0.2, 0.25) is 10.0 Å². The first-order valence-corrected chi connectivity index (χ1v) is 7.27. The largest absolute Gasteiger partial charge is 0.389 e. The lowest BCUT2D eigenvalue weighted by atomic mass is 9.81. The highest BCUT2D eigenvalue weighted by atomic mass is 32.2. The third-order valence-electron chi connectivity index (χ3n) is 3.63. The van der Waals surface area contributed by atoms with Crippen LogP contribution >= 0.6 is 0 Å². The first-order valence-electron chi connectivity index (χ1n) is 5.73. The first kappa shape index (κ1) is 11.4. The molecule has 4 nitrogen and oxygen atoms in total. The molecule has 0 spiro atoms. The Morgan fingerprint density at radius 1 is 1.20 bits per heavy atom. The second-order valence-corrected chi connectivity index (χ2v) is 6.90. The highest BCUT2D eigenvalue weighted by Crippen LogP contribution is 2.31. The van der Waals surface area contributed by atoms with Gasteiger partial charge in [0.05, 0.1) is 10.9 Å². The van der Waals surface area contributed by atoms with E-state index in [4.69, 9.17) is 0 Å². The zero-order chi connectivity index (χ0) is 10.9. The van der Waals surface area contributed by atoms with Crippen LogP contribution in [0.15, 0.2) is 0 Å². The lowest BCUT2D eigenvalue weighted by Gasteiger charge is -2.36. The van der Waals surface area contributed by atoms with Gasteiger partial charge in [-0.25, -0.2) is 13.1 Å². The number of sulfonamides is 1. The van der Waals surface area contributed by atoms with Gasteiger partial charge < -0.3 is 5.11 Å². The molecular formula is C10H19NO3S. The molecule has 15 heavy (non-hydrogen) atoms. The molecule has 2 rings (SSSR count). The highest BCUT2D eigenvalue weighted by Gasteiger charge is 2.37. The van der Waals surface area contributed by atoms with Crippen LogP contribution in [-0.2, 0) is 10.0 Å². The van der Waals surface area contributed by atoms with Crippen molar-refractivity contribution in [1.29, 1.82) is 0 Å². The van der Waals surface area contributed by atoms with E-state index in [1.54, 1.807) is 0 Å². The second-order valence-electron chi connectivity index (χ2n) is 4.85. The van der Waals surface area contributed by atoms with E-state index >= 15 is 0 Å². The van der Waals surface area contributed by atoms with Crippen LogP contribution in [0.2, 0.25) is 0 Å². The summed E-state index contributed by atoms with van der Waals surface area (Å²) in [6.07, 6.45) is 6.01. The fraction of sp³-hybridized carbons (Fsp3) is 1.00. The Morgan fingerprint density at radius 2 is 1.80 bits per heavy atom. The number of hydrogen-bond donors (Lipinski definition) is 2. The summed E-state index contributed by atoms with van der Waals surface area (Å²) in [5, 5.41) is 9.57. The molecule has 0 aromatic rings. The molecule has 0 unspecified atom stereocenters. The number of rotatable bonds is 4. The Labute approximate surface area is 91.1 Å². The van der Waals surface area contributed by atoms with Crippen molar-refractivity contribution in [3.05, 3.63) is 0 Å². The van der Waals surface area contributed by atoms with E-state index in [0.717, 1.165) is 44.9 Å². The lowest BCUT2D eigenvalue weighted by Crippen LogP contribution is -2.49. The number of aliphatic hydroxyl groups is 1. The predicted molar refractivity (Wildman–Crippen MR) is 58.0 cm³/mol. The molecule has 2 aliphatic carbocycles. The van der Waals surface area contributed by atoms with Crippen molar-refractivity contribution in [3.8, 4) is 0 Å². The Morgan fingerprint density at radius 3 is 2.27 bits per heavy atom. The minimum atomic E-state index is -3.18. The van der Waals surface area contributed by atoms with E-state index in [2.05, 4.69) is 4.72 Å². The van der Waals surface area contributed by atoms with Crippen LogP contribution in [0, 0.1) is 0 Å². The monoisotopic (exact) mass is 233 g/mol. The van der Waals surface area contributed by atoms with Crippen molar-refractivity contribution < 1.29 is 13.5 Å². The zero-order valence-corrected chi connectivity index (χ0v) is 9.72. The third-order valence-corrected chi connectivity index (χ3v) is 5.52. The summed E-state index contributed by atoms with van der Waals surface area (Å²) in [6, 6.07) is 0. The molecule has 2 fully saturated rings. The fourth-order valence-electron chi connectivity index (χ4n) is 2.31. The maximum absolute atomic E-state index is 11.8. The molecule has 2 saturated carbocycles. The summed E-state index contributed by atoms with van der Waals surface area (Å²) in [5.74, 6) is 0. The van der Waals surface area contributed by atoms with Crippen molar-refractivity contribution in [2.75, 3.05) is 6.54 Å². The Balaban J connectivity index is 1.87. The quantitative estimate of drug-likeness (QED) is 0.753. The Bertz CT molecular complexity index is 316. The van der Waals surface area contributed by atoms with E-state index in [1.807, 2.05) is 0 Å². The van der Waals surface area contributed by atoms with E-state index < -0.39 is 15.6 Å². The molecule has 0 aromatic carbocycles. The molecule has 5 heteroatoms. The summed E-state index contributed by atoms with van der Waals surface area (Å²) in [7, 11) is -3.18. The van der Waals surface area contributed by atoms with Gasteiger partial charge >= 0.3 is 0 Å². The maximum atomic E-state index is 11.8. The summed E-state index contributed by atoms with van der Waals surface area (Å²) in [6.45, 7) is 0.200. The predicted octanol–water partition coefficient (Wildman–Crippen LogP) is 0.763. The van der Waals surface area contributed by atoms with E-state index in [9.17, 15) is 13.5 Å². The Hall–Kier alpha value is -0.130. The van der Waals surface area contributed by atoms with Gasteiger partial charge in [0.25, 0.3) is 0 Å². The second kappa shape index (κ2) is 4.03. The first-order chi connectivity index (χ1) is 7.02. The minimum Gasteiger partial charge on any atom is -0.389 e. The zero-order valence-electron chi connectivity index (χ0n) is 8.91. The molecule has 0 aromatic heterocycles. The molecule has 0 bridgehead atoms. The lowest BCUT2D eigenvalue weighted by molar-refractivity contribution is -0.0271. The van der Waals surface area contributed by atoms with Crippen molar-refractivity contribution in [2.24, 2.45) is 0 Å². The summed E-state index contributed by atoms with van der Waals surface area (Å²) >= 11 is 0. The van der Waals surface area contributed by atoms with Crippen LogP contribution in [0.5, 0.6) is 0 Å². The number of hydrogen-bond acceptors (Lipinski definition) is 3. The maximum Gasteiger partial charge on any atom is 0.214 e. The molecule has 0 aliphatic heterocycles. The van der Waals surface area contributed by atoms with Gasteiger partial charge in [0.15, 0.2) is 0 Å². The Kier molecular flexibility index (Phi) is 3.05. The average molecular weight is 233 g/mol. The minimum absolute atomic E-state index is 0.200. The molecule has 2 aliphatic rings. The van der Waals surface area contributed by atoms with Crippen molar-refractivity contribution in [1.82, 2.24) is 4.72 Å². The van der Waals surface area contributed by atoms with E-state index in [0.29, 0.717) is 0 Å². The van der Waals surface area contributed by atoms with Crippen LogP contribution < -0.4 is 4.72 Å². The van der Waals surface area contributed by atoms with Gasteiger partial charge in [-0.2, -0.15) is 0 Å². The van der Waals surface area contributed by atoms with Crippen LogP contribution in [0.3, 0.4) is 0 Å². The molecule has 2 N–H and O–H groups in total. The molecule has 0 saturated heterocycles. The smallest absolute Gasteiger partial charge is 0.214 e. The summed E-state index contributed by atoms with van der Waals surface area (Å²) in [5.41, 5.74) is -0.758. The van der Waals surface area contributed by atoms with Gasteiger partial charge in [0, 0.05) is 6.54 Å². The average Bonchev–Trinajstić information content (AvgIpc) is 2.65. The topological polar surface area (TPSA) is 66.4 Å². The van der Waals surface area contributed by atoms with Gasteiger partial charge in [0.1, 0.15) is 0 Å². The molecule has 0 heterocycles. The van der Waals surface area contributed by atoms with Gasteiger partial charge in [-0.15, -0.1) is 0 Å².